The minimum Gasteiger partial charge on any atom is -0.465 e. The summed E-state index contributed by atoms with van der Waals surface area (Å²) < 4.78 is 4.83. The molecule has 0 radical (unpaired) electrons. The van der Waals surface area contributed by atoms with Crippen molar-refractivity contribution in [2.75, 3.05) is 24.8 Å². The van der Waals surface area contributed by atoms with Crippen molar-refractivity contribution >= 4 is 17.3 Å². The summed E-state index contributed by atoms with van der Waals surface area (Å²) in [6, 6.07) is 13.7. The molecule has 0 aromatic heterocycles. The van der Waals surface area contributed by atoms with Gasteiger partial charge in [-0.15, -0.1) is 0 Å². The topological polar surface area (TPSA) is 55.6 Å². The van der Waals surface area contributed by atoms with E-state index >= 15 is 0 Å². The largest absolute Gasteiger partial charge is 0.465 e. The van der Waals surface area contributed by atoms with Crippen LogP contribution in [-0.2, 0) is 11.3 Å². The normalized spacial score (nSPS) is 10.2. The Hall–Kier alpha value is -2.49. The zero-order valence-corrected chi connectivity index (χ0v) is 12.6. The highest BCUT2D eigenvalue weighted by molar-refractivity contribution is 5.96. The van der Waals surface area contributed by atoms with Gasteiger partial charge in [0.05, 0.1) is 12.7 Å². The van der Waals surface area contributed by atoms with Gasteiger partial charge in [0.1, 0.15) is 0 Å². The van der Waals surface area contributed by atoms with Crippen LogP contribution in [0.25, 0.3) is 0 Å². The molecule has 2 N–H and O–H groups in total. The molecule has 0 heterocycles. The van der Waals surface area contributed by atoms with E-state index in [1.165, 1.54) is 12.7 Å². The molecular weight excluding hydrogens is 264 g/mol. The minimum absolute atomic E-state index is 0.402. The Kier molecular flexibility index (Phi) is 4.48. The molecule has 110 valence electrons. The number of benzene rings is 2. The lowest BCUT2D eigenvalue weighted by Gasteiger charge is -2.21. The van der Waals surface area contributed by atoms with Gasteiger partial charge in [-0.3, -0.25) is 0 Å². The first-order chi connectivity index (χ1) is 10.0. The van der Waals surface area contributed by atoms with Crippen LogP contribution in [0.4, 0.5) is 11.4 Å². The van der Waals surface area contributed by atoms with Gasteiger partial charge in [0.25, 0.3) is 0 Å². The van der Waals surface area contributed by atoms with E-state index in [4.69, 9.17) is 10.5 Å². The SMILES string of the molecule is COC(=O)c1c(N)cccc1CN(C)c1cccc(C)c1. The fourth-order valence-electron chi connectivity index (χ4n) is 2.31. The van der Waals surface area contributed by atoms with Gasteiger partial charge in [0.15, 0.2) is 0 Å². The van der Waals surface area contributed by atoms with Crippen molar-refractivity contribution in [2.45, 2.75) is 13.5 Å². The van der Waals surface area contributed by atoms with Crippen molar-refractivity contribution in [1.29, 1.82) is 0 Å². The van der Waals surface area contributed by atoms with Crippen LogP contribution in [0.2, 0.25) is 0 Å². The second kappa shape index (κ2) is 6.31. The van der Waals surface area contributed by atoms with Gasteiger partial charge < -0.3 is 15.4 Å². The number of ether oxygens (including phenoxy) is 1. The van der Waals surface area contributed by atoms with Gasteiger partial charge >= 0.3 is 5.97 Å². The van der Waals surface area contributed by atoms with Crippen LogP contribution >= 0.6 is 0 Å². The number of carbonyl (C=O) groups excluding carboxylic acids is 1. The van der Waals surface area contributed by atoms with E-state index in [0.717, 1.165) is 11.3 Å². The summed E-state index contributed by atoms with van der Waals surface area (Å²) in [5, 5.41) is 0. The molecule has 0 atom stereocenters. The molecule has 2 aromatic carbocycles. The summed E-state index contributed by atoms with van der Waals surface area (Å²) >= 11 is 0. The third kappa shape index (κ3) is 3.34. The number of esters is 1. The van der Waals surface area contributed by atoms with Crippen molar-refractivity contribution in [3.63, 3.8) is 0 Å². The predicted octanol–water partition coefficient (Wildman–Crippen LogP) is 3.00. The average Bonchev–Trinajstić information content (AvgIpc) is 2.46. The molecule has 0 amide bonds. The molecule has 0 fully saturated rings. The molecule has 21 heavy (non-hydrogen) atoms. The van der Waals surface area contributed by atoms with Gasteiger partial charge in [0.2, 0.25) is 0 Å². The van der Waals surface area contributed by atoms with Crippen LogP contribution in [0.1, 0.15) is 21.5 Å². The molecule has 0 saturated carbocycles. The number of aryl methyl sites for hydroxylation is 1. The molecule has 0 bridgehead atoms. The number of hydrogen-bond donors (Lipinski definition) is 1. The number of nitrogen functional groups attached to an aromatic ring is 1. The molecule has 0 spiro atoms. The lowest BCUT2D eigenvalue weighted by atomic mass is 10.0. The second-order valence-corrected chi connectivity index (χ2v) is 5.07. The van der Waals surface area contributed by atoms with Crippen molar-refractivity contribution in [2.24, 2.45) is 0 Å². The van der Waals surface area contributed by atoms with Gasteiger partial charge in [0, 0.05) is 25.0 Å². The Balaban J connectivity index is 2.31. The molecule has 0 aliphatic heterocycles. The zero-order chi connectivity index (χ0) is 15.4. The average molecular weight is 284 g/mol. The molecular formula is C17H20N2O2. The first-order valence-corrected chi connectivity index (χ1v) is 6.76. The number of hydrogen-bond acceptors (Lipinski definition) is 4. The van der Waals surface area contributed by atoms with E-state index < -0.39 is 5.97 Å². The highest BCUT2D eigenvalue weighted by atomic mass is 16.5. The minimum atomic E-state index is -0.402. The summed E-state index contributed by atoms with van der Waals surface area (Å²) in [7, 11) is 3.35. The molecule has 4 heteroatoms. The third-order valence-electron chi connectivity index (χ3n) is 3.42. The first-order valence-electron chi connectivity index (χ1n) is 6.76. The smallest absolute Gasteiger partial charge is 0.340 e. The molecule has 2 aromatic rings. The lowest BCUT2D eigenvalue weighted by molar-refractivity contribution is 0.0600. The summed E-state index contributed by atoms with van der Waals surface area (Å²) in [5.41, 5.74) is 9.94. The summed E-state index contributed by atoms with van der Waals surface area (Å²) in [4.78, 5) is 14.0. The quantitative estimate of drug-likeness (QED) is 0.692. The maximum Gasteiger partial charge on any atom is 0.340 e. The molecule has 0 aliphatic rings. The van der Waals surface area contributed by atoms with Crippen LogP contribution in [-0.4, -0.2) is 20.1 Å². The van der Waals surface area contributed by atoms with Gasteiger partial charge in [-0.25, -0.2) is 4.79 Å². The van der Waals surface area contributed by atoms with Crippen molar-refractivity contribution in [3.05, 3.63) is 59.2 Å². The van der Waals surface area contributed by atoms with Crippen LogP contribution in [0, 0.1) is 6.92 Å². The van der Waals surface area contributed by atoms with Crippen molar-refractivity contribution in [1.82, 2.24) is 0 Å². The van der Waals surface area contributed by atoms with Crippen molar-refractivity contribution in [3.8, 4) is 0 Å². The monoisotopic (exact) mass is 284 g/mol. The van der Waals surface area contributed by atoms with E-state index in [-0.39, 0.29) is 0 Å². The maximum atomic E-state index is 11.9. The lowest BCUT2D eigenvalue weighted by Crippen LogP contribution is -2.19. The molecule has 0 saturated heterocycles. The number of nitrogens with zero attached hydrogens (tertiary/aromatic N) is 1. The van der Waals surface area contributed by atoms with Crippen LogP contribution in [0.15, 0.2) is 42.5 Å². The zero-order valence-electron chi connectivity index (χ0n) is 12.6. The fraction of sp³-hybridized carbons (Fsp3) is 0.235. The Morgan fingerprint density at radius 3 is 2.62 bits per heavy atom. The fourth-order valence-corrected chi connectivity index (χ4v) is 2.31. The summed E-state index contributed by atoms with van der Waals surface area (Å²) in [5.74, 6) is -0.402. The number of nitrogens with two attached hydrogens (primary N) is 1. The van der Waals surface area contributed by atoms with Crippen molar-refractivity contribution < 1.29 is 9.53 Å². The van der Waals surface area contributed by atoms with E-state index in [9.17, 15) is 4.79 Å². The van der Waals surface area contributed by atoms with E-state index in [1.54, 1.807) is 6.07 Å². The van der Waals surface area contributed by atoms with Crippen LogP contribution in [0.3, 0.4) is 0 Å². The molecule has 2 rings (SSSR count). The van der Waals surface area contributed by atoms with Crippen LogP contribution in [0.5, 0.6) is 0 Å². The van der Waals surface area contributed by atoms with Gasteiger partial charge in [-0.1, -0.05) is 24.3 Å². The summed E-state index contributed by atoms with van der Waals surface area (Å²) in [6.45, 7) is 2.64. The first kappa shape index (κ1) is 14.9. The van der Waals surface area contributed by atoms with E-state index in [0.29, 0.717) is 17.8 Å². The van der Waals surface area contributed by atoms with E-state index in [2.05, 4.69) is 24.0 Å². The third-order valence-corrected chi connectivity index (χ3v) is 3.42. The Morgan fingerprint density at radius 2 is 1.95 bits per heavy atom. The predicted molar refractivity (Wildman–Crippen MR) is 85.5 cm³/mol. The van der Waals surface area contributed by atoms with Gasteiger partial charge in [-0.2, -0.15) is 0 Å². The summed E-state index contributed by atoms with van der Waals surface area (Å²) in [6.07, 6.45) is 0. The maximum absolute atomic E-state index is 11.9. The highest BCUT2D eigenvalue weighted by Crippen LogP contribution is 2.22. The Bertz CT molecular complexity index is 653. The highest BCUT2D eigenvalue weighted by Gasteiger charge is 2.16. The molecule has 0 aliphatic carbocycles. The van der Waals surface area contributed by atoms with Gasteiger partial charge in [-0.05, 0) is 36.2 Å². The Morgan fingerprint density at radius 1 is 1.24 bits per heavy atom. The number of rotatable bonds is 4. The number of carbonyl (C=O) groups is 1. The molecule has 0 unspecified atom stereocenters. The second-order valence-electron chi connectivity index (χ2n) is 5.07. The van der Waals surface area contributed by atoms with Crippen LogP contribution < -0.4 is 10.6 Å². The number of methoxy groups -OCH3 is 1. The number of anilines is 2. The molecule has 4 nitrogen and oxygen atoms in total. The standard InChI is InChI=1S/C17H20N2O2/c1-12-6-4-8-14(10-12)19(2)11-13-7-5-9-15(18)16(13)17(20)21-3/h4-10H,11,18H2,1-3H3. The Labute approximate surface area is 125 Å². The van der Waals surface area contributed by atoms with E-state index in [1.807, 2.05) is 31.3 Å².